The van der Waals surface area contributed by atoms with E-state index in [0.717, 1.165) is 30.2 Å². The van der Waals surface area contributed by atoms with Gasteiger partial charge >= 0.3 is 0 Å². The van der Waals surface area contributed by atoms with Crippen LogP contribution in [0.3, 0.4) is 0 Å². The lowest BCUT2D eigenvalue weighted by atomic mass is 10.0. The van der Waals surface area contributed by atoms with Gasteiger partial charge in [-0.2, -0.15) is 0 Å². The standard InChI is InChI=1S/C16H26N2O2/c1-12(18-11-13-6-4-5-9-17-13)15-10-14(19-2)7-8-16(15)20-3/h7-8,10,12-13,17-18H,4-6,9,11H2,1-3H3. The molecule has 1 aromatic rings. The van der Waals surface area contributed by atoms with Crippen molar-refractivity contribution < 1.29 is 9.47 Å². The molecule has 1 aliphatic heterocycles. The van der Waals surface area contributed by atoms with Gasteiger partial charge in [0.15, 0.2) is 0 Å². The second-order valence-corrected chi connectivity index (χ2v) is 5.38. The summed E-state index contributed by atoms with van der Waals surface area (Å²) in [5, 5.41) is 7.16. The Morgan fingerprint density at radius 1 is 1.30 bits per heavy atom. The molecule has 0 aliphatic carbocycles. The van der Waals surface area contributed by atoms with Crippen LogP contribution in [0.25, 0.3) is 0 Å². The first kappa shape index (κ1) is 15.1. The van der Waals surface area contributed by atoms with Crippen molar-refractivity contribution in [2.75, 3.05) is 27.3 Å². The lowest BCUT2D eigenvalue weighted by Gasteiger charge is -2.26. The first-order valence-corrected chi connectivity index (χ1v) is 7.43. The van der Waals surface area contributed by atoms with Gasteiger partial charge in [0.1, 0.15) is 11.5 Å². The summed E-state index contributed by atoms with van der Waals surface area (Å²) >= 11 is 0. The van der Waals surface area contributed by atoms with Gasteiger partial charge in [-0.3, -0.25) is 0 Å². The summed E-state index contributed by atoms with van der Waals surface area (Å²) in [6.07, 6.45) is 3.89. The number of piperidine rings is 1. The average molecular weight is 278 g/mol. The van der Waals surface area contributed by atoms with Gasteiger partial charge in [-0.05, 0) is 44.5 Å². The van der Waals surface area contributed by atoms with Crippen LogP contribution in [-0.2, 0) is 0 Å². The molecule has 2 unspecified atom stereocenters. The number of ether oxygens (including phenoxy) is 2. The average Bonchev–Trinajstić information content (AvgIpc) is 2.52. The Morgan fingerprint density at radius 3 is 2.80 bits per heavy atom. The quantitative estimate of drug-likeness (QED) is 0.839. The van der Waals surface area contributed by atoms with E-state index in [-0.39, 0.29) is 6.04 Å². The molecular formula is C16H26N2O2. The number of benzene rings is 1. The van der Waals surface area contributed by atoms with E-state index in [1.165, 1.54) is 19.3 Å². The van der Waals surface area contributed by atoms with Crippen LogP contribution < -0.4 is 20.1 Å². The molecule has 0 radical (unpaired) electrons. The van der Waals surface area contributed by atoms with Gasteiger partial charge in [0.2, 0.25) is 0 Å². The summed E-state index contributed by atoms with van der Waals surface area (Å²) in [5.41, 5.74) is 1.14. The van der Waals surface area contributed by atoms with Crippen molar-refractivity contribution >= 4 is 0 Å². The van der Waals surface area contributed by atoms with Gasteiger partial charge in [0.05, 0.1) is 14.2 Å². The molecule has 0 saturated carbocycles. The minimum atomic E-state index is 0.240. The predicted octanol–water partition coefficient (Wildman–Crippen LogP) is 2.50. The molecule has 2 rings (SSSR count). The fourth-order valence-corrected chi connectivity index (χ4v) is 2.71. The van der Waals surface area contributed by atoms with Crippen LogP contribution in [0.15, 0.2) is 18.2 Å². The summed E-state index contributed by atoms with van der Waals surface area (Å²) in [5.74, 6) is 1.77. The van der Waals surface area contributed by atoms with E-state index in [0.29, 0.717) is 6.04 Å². The molecule has 0 spiro atoms. The molecule has 0 bridgehead atoms. The highest BCUT2D eigenvalue weighted by Crippen LogP contribution is 2.29. The number of rotatable bonds is 6. The van der Waals surface area contributed by atoms with Crippen LogP contribution in [-0.4, -0.2) is 33.4 Å². The highest BCUT2D eigenvalue weighted by Gasteiger charge is 2.16. The maximum atomic E-state index is 5.45. The molecule has 20 heavy (non-hydrogen) atoms. The predicted molar refractivity (Wildman–Crippen MR) is 81.6 cm³/mol. The summed E-state index contributed by atoms with van der Waals surface area (Å²) in [6, 6.07) is 6.76. The third-order valence-corrected chi connectivity index (χ3v) is 3.99. The Bertz CT molecular complexity index is 417. The van der Waals surface area contributed by atoms with Crippen molar-refractivity contribution in [1.82, 2.24) is 10.6 Å². The van der Waals surface area contributed by atoms with Crippen molar-refractivity contribution in [2.45, 2.75) is 38.3 Å². The summed E-state index contributed by atoms with van der Waals surface area (Å²) < 4.78 is 10.7. The minimum absolute atomic E-state index is 0.240. The molecular weight excluding hydrogens is 252 g/mol. The van der Waals surface area contributed by atoms with Crippen LogP contribution in [0.2, 0.25) is 0 Å². The molecule has 2 N–H and O–H groups in total. The zero-order chi connectivity index (χ0) is 14.4. The molecule has 0 aromatic heterocycles. The van der Waals surface area contributed by atoms with Crippen LogP contribution in [0.4, 0.5) is 0 Å². The topological polar surface area (TPSA) is 42.5 Å². The van der Waals surface area contributed by atoms with Gasteiger partial charge in [-0.15, -0.1) is 0 Å². The van der Waals surface area contributed by atoms with E-state index in [2.05, 4.69) is 17.6 Å². The Kier molecular flexibility index (Phi) is 5.68. The highest BCUT2D eigenvalue weighted by atomic mass is 16.5. The molecule has 1 aliphatic rings. The zero-order valence-corrected chi connectivity index (χ0v) is 12.7. The monoisotopic (exact) mass is 278 g/mol. The number of hydrogen-bond acceptors (Lipinski definition) is 4. The molecule has 1 saturated heterocycles. The molecule has 4 nitrogen and oxygen atoms in total. The third-order valence-electron chi connectivity index (χ3n) is 3.99. The summed E-state index contributed by atoms with van der Waals surface area (Å²) in [4.78, 5) is 0. The Labute approximate surface area is 121 Å². The maximum absolute atomic E-state index is 5.45. The summed E-state index contributed by atoms with van der Waals surface area (Å²) in [7, 11) is 3.40. The highest BCUT2D eigenvalue weighted by molar-refractivity contribution is 5.42. The summed E-state index contributed by atoms with van der Waals surface area (Å²) in [6.45, 7) is 4.30. The Hall–Kier alpha value is -1.26. The van der Waals surface area contributed by atoms with Gasteiger partial charge < -0.3 is 20.1 Å². The Morgan fingerprint density at radius 2 is 2.15 bits per heavy atom. The van der Waals surface area contributed by atoms with Crippen molar-refractivity contribution in [3.05, 3.63) is 23.8 Å². The molecule has 112 valence electrons. The minimum Gasteiger partial charge on any atom is -0.497 e. The lowest BCUT2D eigenvalue weighted by Crippen LogP contribution is -2.42. The molecule has 1 heterocycles. The van der Waals surface area contributed by atoms with Crippen LogP contribution in [0, 0.1) is 0 Å². The fourth-order valence-electron chi connectivity index (χ4n) is 2.71. The molecule has 4 heteroatoms. The van der Waals surface area contributed by atoms with Gasteiger partial charge in [0.25, 0.3) is 0 Å². The van der Waals surface area contributed by atoms with Crippen molar-refractivity contribution in [3.8, 4) is 11.5 Å². The number of methoxy groups -OCH3 is 2. The van der Waals surface area contributed by atoms with Crippen LogP contribution >= 0.6 is 0 Å². The normalized spacial score (nSPS) is 20.4. The first-order chi connectivity index (χ1) is 9.74. The molecule has 2 atom stereocenters. The Balaban J connectivity index is 1.98. The maximum Gasteiger partial charge on any atom is 0.123 e. The fraction of sp³-hybridized carbons (Fsp3) is 0.625. The molecule has 0 amide bonds. The number of nitrogens with one attached hydrogen (secondary N) is 2. The SMILES string of the molecule is COc1ccc(OC)c(C(C)NCC2CCCCN2)c1. The second kappa shape index (κ2) is 7.50. The van der Waals surface area contributed by atoms with Crippen molar-refractivity contribution in [2.24, 2.45) is 0 Å². The first-order valence-electron chi connectivity index (χ1n) is 7.43. The van der Waals surface area contributed by atoms with Crippen LogP contribution in [0.5, 0.6) is 11.5 Å². The van der Waals surface area contributed by atoms with E-state index < -0.39 is 0 Å². The second-order valence-electron chi connectivity index (χ2n) is 5.38. The van der Waals surface area contributed by atoms with Crippen molar-refractivity contribution in [3.63, 3.8) is 0 Å². The van der Waals surface area contributed by atoms with Gasteiger partial charge in [-0.25, -0.2) is 0 Å². The lowest BCUT2D eigenvalue weighted by molar-refractivity contribution is 0.362. The molecule has 1 aromatic carbocycles. The van der Waals surface area contributed by atoms with Crippen molar-refractivity contribution in [1.29, 1.82) is 0 Å². The van der Waals surface area contributed by atoms with E-state index >= 15 is 0 Å². The van der Waals surface area contributed by atoms with E-state index in [1.807, 2.05) is 18.2 Å². The largest absolute Gasteiger partial charge is 0.497 e. The number of hydrogen-bond donors (Lipinski definition) is 2. The van der Waals surface area contributed by atoms with E-state index in [1.54, 1.807) is 14.2 Å². The van der Waals surface area contributed by atoms with Gasteiger partial charge in [-0.1, -0.05) is 6.42 Å². The molecule has 1 fully saturated rings. The van der Waals surface area contributed by atoms with E-state index in [9.17, 15) is 0 Å². The third kappa shape index (κ3) is 3.87. The zero-order valence-electron chi connectivity index (χ0n) is 12.7. The van der Waals surface area contributed by atoms with Gasteiger partial charge in [0, 0.05) is 24.2 Å². The van der Waals surface area contributed by atoms with Crippen LogP contribution in [0.1, 0.15) is 37.8 Å². The smallest absolute Gasteiger partial charge is 0.123 e. The van der Waals surface area contributed by atoms with E-state index in [4.69, 9.17) is 9.47 Å².